The van der Waals surface area contributed by atoms with Crippen LogP contribution in [0.25, 0.3) is 11.5 Å². The normalized spacial score (nSPS) is 12.1. The first kappa shape index (κ1) is 15.2. The van der Waals surface area contributed by atoms with E-state index in [1.807, 2.05) is 38.1 Å². The lowest BCUT2D eigenvalue weighted by Gasteiger charge is -2.13. The lowest BCUT2D eigenvalue weighted by Crippen LogP contribution is -2.30. The molecule has 6 heteroatoms. The number of nitrogens with zero attached hydrogens (tertiary/aromatic N) is 2. The fraction of sp³-hybridized carbons (Fsp3) is 0.400. The van der Waals surface area contributed by atoms with Crippen molar-refractivity contribution >= 4 is 11.6 Å². The lowest BCUT2D eigenvalue weighted by molar-refractivity contribution is -0.119. The summed E-state index contributed by atoms with van der Waals surface area (Å²) < 4.78 is 5.17. The first-order valence-electron chi connectivity index (χ1n) is 7.03. The minimum absolute atomic E-state index is 0.0420. The van der Waals surface area contributed by atoms with E-state index in [0.717, 1.165) is 12.1 Å². The molecule has 1 aromatic heterocycles. The number of carbonyl (C=O) groups excluding carboxylic acids is 1. The second kappa shape index (κ2) is 6.99. The van der Waals surface area contributed by atoms with Gasteiger partial charge in [0.05, 0.1) is 11.3 Å². The van der Waals surface area contributed by atoms with Crippen LogP contribution < -0.4 is 10.6 Å². The van der Waals surface area contributed by atoms with Crippen LogP contribution in [0.1, 0.15) is 19.7 Å². The van der Waals surface area contributed by atoms with Crippen molar-refractivity contribution in [1.82, 2.24) is 15.5 Å². The maximum absolute atomic E-state index is 12.2. The average Bonchev–Trinajstić information content (AvgIpc) is 2.91. The lowest BCUT2D eigenvalue weighted by atomic mass is 10.1. The largest absolute Gasteiger partial charge is 0.334 e. The number of nitrogens with one attached hydrogen (secondary N) is 2. The summed E-state index contributed by atoms with van der Waals surface area (Å²) in [5, 5.41) is 9.86. The van der Waals surface area contributed by atoms with E-state index in [9.17, 15) is 4.79 Å². The number of rotatable bonds is 6. The summed E-state index contributed by atoms with van der Waals surface area (Å²) in [4.78, 5) is 16.4. The number of aromatic nitrogens is 2. The minimum Gasteiger partial charge on any atom is -0.334 e. The van der Waals surface area contributed by atoms with Gasteiger partial charge in [-0.05, 0) is 25.6 Å². The van der Waals surface area contributed by atoms with Gasteiger partial charge in [0.25, 0.3) is 5.89 Å². The summed E-state index contributed by atoms with van der Waals surface area (Å²) in [7, 11) is 0. The Morgan fingerprint density at radius 2 is 2.14 bits per heavy atom. The Labute approximate surface area is 123 Å². The van der Waals surface area contributed by atoms with Crippen molar-refractivity contribution < 1.29 is 9.32 Å². The van der Waals surface area contributed by atoms with Gasteiger partial charge >= 0.3 is 0 Å². The Kier molecular flexibility index (Phi) is 5.05. The van der Waals surface area contributed by atoms with Gasteiger partial charge in [-0.2, -0.15) is 4.98 Å². The van der Waals surface area contributed by atoms with Crippen molar-refractivity contribution in [2.45, 2.75) is 20.8 Å². The fourth-order valence-electron chi connectivity index (χ4n) is 1.89. The van der Waals surface area contributed by atoms with E-state index in [-0.39, 0.29) is 11.8 Å². The summed E-state index contributed by atoms with van der Waals surface area (Å²) in [5.74, 6) is 0.802. The number of amides is 1. The monoisotopic (exact) mass is 288 g/mol. The molecule has 2 N–H and O–H groups in total. The molecule has 2 aromatic rings. The van der Waals surface area contributed by atoms with E-state index < -0.39 is 0 Å². The van der Waals surface area contributed by atoms with E-state index in [1.54, 1.807) is 6.92 Å². The van der Waals surface area contributed by atoms with Crippen LogP contribution in [0.4, 0.5) is 5.69 Å². The third-order valence-electron chi connectivity index (χ3n) is 3.09. The van der Waals surface area contributed by atoms with Gasteiger partial charge in [0, 0.05) is 12.5 Å². The van der Waals surface area contributed by atoms with Crippen LogP contribution in [0.3, 0.4) is 0 Å². The van der Waals surface area contributed by atoms with E-state index in [0.29, 0.717) is 23.9 Å². The molecule has 2 rings (SSSR count). The molecule has 0 saturated carbocycles. The number of hydrogen-bond donors (Lipinski definition) is 2. The minimum atomic E-state index is -0.123. The van der Waals surface area contributed by atoms with Gasteiger partial charge < -0.3 is 15.2 Å². The fourth-order valence-corrected chi connectivity index (χ4v) is 1.89. The standard InChI is InChI=1S/C15H20N4O2/c1-4-16-9-10(2)14(20)18-13-8-6-5-7-12(13)15-17-11(3)19-21-15/h5-8,10,16H,4,9H2,1-3H3,(H,18,20). The summed E-state index contributed by atoms with van der Waals surface area (Å²) >= 11 is 0. The average molecular weight is 288 g/mol. The van der Waals surface area contributed by atoms with Gasteiger partial charge in [0.15, 0.2) is 5.82 Å². The van der Waals surface area contributed by atoms with E-state index in [1.165, 1.54) is 0 Å². The zero-order valence-corrected chi connectivity index (χ0v) is 12.5. The molecule has 1 unspecified atom stereocenters. The Bertz CT molecular complexity index is 609. The molecule has 0 spiro atoms. The van der Waals surface area contributed by atoms with E-state index >= 15 is 0 Å². The maximum Gasteiger partial charge on any atom is 0.260 e. The molecule has 0 aliphatic rings. The van der Waals surface area contributed by atoms with Crippen LogP contribution in [0.2, 0.25) is 0 Å². The Morgan fingerprint density at radius 3 is 2.81 bits per heavy atom. The Morgan fingerprint density at radius 1 is 1.38 bits per heavy atom. The third kappa shape index (κ3) is 3.88. The molecule has 1 aromatic carbocycles. The molecule has 1 heterocycles. The van der Waals surface area contributed by atoms with Gasteiger partial charge in [-0.15, -0.1) is 0 Å². The summed E-state index contributed by atoms with van der Waals surface area (Å²) in [6, 6.07) is 7.40. The zero-order chi connectivity index (χ0) is 15.2. The quantitative estimate of drug-likeness (QED) is 0.852. The number of carbonyl (C=O) groups is 1. The molecular formula is C15H20N4O2. The van der Waals surface area contributed by atoms with E-state index in [2.05, 4.69) is 20.8 Å². The molecule has 0 saturated heterocycles. The van der Waals surface area contributed by atoms with Gasteiger partial charge in [-0.1, -0.05) is 31.1 Å². The van der Waals surface area contributed by atoms with Crippen molar-refractivity contribution in [2.75, 3.05) is 18.4 Å². The molecule has 0 radical (unpaired) electrons. The van der Waals surface area contributed by atoms with Crippen LogP contribution >= 0.6 is 0 Å². The van der Waals surface area contributed by atoms with Gasteiger partial charge in [0.1, 0.15) is 0 Å². The summed E-state index contributed by atoms with van der Waals surface area (Å²) in [5.41, 5.74) is 1.40. The number of hydrogen-bond acceptors (Lipinski definition) is 5. The first-order valence-corrected chi connectivity index (χ1v) is 7.03. The second-order valence-electron chi connectivity index (χ2n) is 4.89. The van der Waals surface area contributed by atoms with Crippen molar-refractivity contribution in [3.05, 3.63) is 30.1 Å². The topological polar surface area (TPSA) is 80.0 Å². The molecule has 1 amide bonds. The Balaban J connectivity index is 2.15. The van der Waals surface area contributed by atoms with Gasteiger partial charge in [-0.3, -0.25) is 4.79 Å². The first-order chi connectivity index (χ1) is 10.1. The van der Waals surface area contributed by atoms with Crippen LogP contribution in [-0.2, 0) is 4.79 Å². The van der Waals surface area contributed by atoms with Gasteiger partial charge in [0.2, 0.25) is 5.91 Å². The molecular weight excluding hydrogens is 268 g/mol. The molecule has 6 nitrogen and oxygen atoms in total. The predicted molar refractivity (Wildman–Crippen MR) is 80.8 cm³/mol. The smallest absolute Gasteiger partial charge is 0.260 e. The predicted octanol–water partition coefficient (Wildman–Crippen LogP) is 2.23. The molecule has 112 valence electrons. The number of anilines is 1. The highest BCUT2D eigenvalue weighted by Crippen LogP contribution is 2.26. The van der Waals surface area contributed by atoms with Gasteiger partial charge in [-0.25, -0.2) is 0 Å². The second-order valence-corrected chi connectivity index (χ2v) is 4.89. The van der Waals surface area contributed by atoms with Crippen LogP contribution in [0.5, 0.6) is 0 Å². The Hall–Kier alpha value is -2.21. The molecule has 21 heavy (non-hydrogen) atoms. The van der Waals surface area contributed by atoms with Crippen molar-refractivity contribution in [1.29, 1.82) is 0 Å². The molecule has 0 aliphatic heterocycles. The van der Waals surface area contributed by atoms with Crippen LogP contribution in [0.15, 0.2) is 28.8 Å². The molecule has 0 fully saturated rings. The van der Waals surface area contributed by atoms with E-state index in [4.69, 9.17) is 4.52 Å². The molecule has 1 atom stereocenters. The van der Waals surface area contributed by atoms with Crippen molar-refractivity contribution in [3.63, 3.8) is 0 Å². The maximum atomic E-state index is 12.2. The summed E-state index contributed by atoms with van der Waals surface area (Å²) in [6.07, 6.45) is 0. The molecule has 0 aliphatic carbocycles. The number of aryl methyl sites for hydroxylation is 1. The van der Waals surface area contributed by atoms with Crippen molar-refractivity contribution in [3.8, 4) is 11.5 Å². The third-order valence-corrected chi connectivity index (χ3v) is 3.09. The van der Waals surface area contributed by atoms with Crippen LogP contribution in [-0.4, -0.2) is 29.1 Å². The highest BCUT2D eigenvalue weighted by Gasteiger charge is 2.16. The summed E-state index contributed by atoms with van der Waals surface area (Å²) in [6.45, 7) is 7.14. The van der Waals surface area contributed by atoms with Crippen LogP contribution in [0, 0.1) is 12.8 Å². The zero-order valence-electron chi connectivity index (χ0n) is 12.5. The SMILES string of the molecule is CCNCC(C)C(=O)Nc1ccccc1-c1nc(C)no1. The highest BCUT2D eigenvalue weighted by atomic mass is 16.5. The molecule has 0 bridgehead atoms. The van der Waals surface area contributed by atoms with Crippen molar-refractivity contribution in [2.24, 2.45) is 5.92 Å². The number of benzene rings is 1. The number of para-hydroxylation sites is 1. The highest BCUT2D eigenvalue weighted by molar-refractivity contribution is 5.95.